The van der Waals surface area contributed by atoms with Crippen LogP contribution in [0.4, 0.5) is 0 Å². The zero-order valence-corrected chi connectivity index (χ0v) is 16.8. The Hall–Kier alpha value is -2.86. The third kappa shape index (κ3) is 7.04. The highest BCUT2D eigenvalue weighted by Crippen LogP contribution is 2.11. The largest absolute Gasteiger partial charge is 0.494 e. The molecule has 2 aromatic carbocycles. The van der Waals surface area contributed by atoms with Crippen LogP contribution in [0.5, 0.6) is 5.75 Å². The van der Waals surface area contributed by atoms with Crippen molar-refractivity contribution in [3.8, 4) is 5.75 Å². The lowest BCUT2D eigenvalue weighted by Gasteiger charge is -2.24. The monoisotopic (exact) mass is 383 g/mol. The number of nitrogens with zero attached hydrogens (tertiary/aromatic N) is 1. The first-order chi connectivity index (χ1) is 13.5. The predicted octanol–water partition coefficient (Wildman–Crippen LogP) is 2.10. The second kappa shape index (κ2) is 11.1. The molecule has 0 aliphatic carbocycles. The topological polar surface area (TPSA) is 70.7 Å². The van der Waals surface area contributed by atoms with Gasteiger partial charge in [-0.1, -0.05) is 30.3 Å². The zero-order chi connectivity index (χ0) is 20.4. The molecule has 2 aromatic rings. The van der Waals surface area contributed by atoms with Crippen LogP contribution in [0, 0.1) is 0 Å². The molecular formula is C22H29N3O3. The average molecular weight is 383 g/mol. The van der Waals surface area contributed by atoms with Crippen molar-refractivity contribution in [2.45, 2.75) is 19.4 Å². The molecule has 1 atom stereocenters. The van der Waals surface area contributed by atoms with Gasteiger partial charge in [-0.25, -0.2) is 0 Å². The average Bonchev–Trinajstić information content (AvgIpc) is 2.70. The van der Waals surface area contributed by atoms with Crippen LogP contribution < -0.4 is 15.4 Å². The summed E-state index contributed by atoms with van der Waals surface area (Å²) in [6.45, 7) is 2.93. The Morgan fingerprint density at radius 2 is 1.68 bits per heavy atom. The summed E-state index contributed by atoms with van der Waals surface area (Å²) in [6, 6.07) is 17.2. The molecule has 0 bridgehead atoms. The molecule has 0 radical (unpaired) electrons. The van der Waals surface area contributed by atoms with Gasteiger partial charge in [0.15, 0.2) is 0 Å². The Morgan fingerprint density at radius 1 is 1.00 bits per heavy atom. The van der Waals surface area contributed by atoms with Crippen molar-refractivity contribution < 1.29 is 14.3 Å². The van der Waals surface area contributed by atoms with Gasteiger partial charge >= 0.3 is 0 Å². The first kappa shape index (κ1) is 21.4. The number of rotatable bonds is 10. The lowest BCUT2D eigenvalue weighted by Crippen LogP contribution is -2.44. The number of ether oxygens (including phenoxy) is 1. The van der Waals surface area contributed by atoms with Crippen LogP contribution in [-0.4, -0.2) is 56.5 Å². The standard InChI is InChI=1S/C22H29N3O3/c1-4-28-20-12-10-18(11-13-20)22(27)24-16-21(26)23-15-19(25(2)3)14-17-8-6-5-7-9-17/h5-13,19H,4,14-16H2,1-3H3,(H,23,26)(H,24,27). The van der Waals surface area contributed by atoms with Gasteiger partial charge in [0, 0.05) is 18.2 Å². The summed E-state index contributed by atoms with van der Waals surface area (Å²) in [7, 11) is 3.99. The highest BCUT2D eigenvalue weighted by molar-refractivity contribution is 5.96. The van der Waals surface area contributed by atoms with Crippen molar-refractivity contribution >= 4 is 11.8 Å². The van der Waals surface area contributed by atoms with E-state index in [0.717, 1.165) is 6.42 Å². The zero-order valence-electron chi connectivity index (χ0n) is 16.8. The second-order valence-corrected chi connectivity index (χ2v) is 6.75. The smallest absolute Gasteiger partial charge is 0.251 e. The van der Waals surface area contributed by atoms with Gasteiger partial charge in [-0.05, 0) is 57.3 Å². The highest BCUT2D eigenvalue weighted by Gasteiger charge is 2.14. The van der Waals surface area contributed by atoms with Crippen LogP contribution in [0.15, 0.2) is 54.6 Å². The summed E-state index contributed by atoms with van der Waals surface area (Å²) in [5, 5.41) is 5.55. The molecule has 0 aliphatic rings. The number of nitrogens with one attached hydrogen (secondary N) is 2. The number of hydrogen-bond donors (Lipinski definition) is 2. The predicted molar refractivity (Wildman–Crippen MR) is 111 cm³/mol. The molecule has 150 valence electrons. The van der Waals surface area contributed by atoms with Crippen LogP contribution in [0.1, 0.15) is 22.8 Å². The van der Waals surface area contributed by atoms with E-state index in [9.17, 15) is 9.59 Å². The van der Waals surface area contributed by atoms with Gasteiger partial charge in [-0.2, -0.15) is 0 Å². The second-order valence-electron chi connectivity index (χ2n) is 6.75. The maximum Gasteiger partial charge on any atom is 0.251 e. The van der Waals surface area contributed by atoms with E-state index in [4.69, 9.17) is 4.74 Å². The Kier molecular flexibility index (Phi) is 8.49. The number of hydrogen-bond acceptors (Lipinski definition) is 4. The quantitative estimate of drug-likeness (QED) is 0.659. The molecule has 6 nitrogen and oxygen atoms in total. The van der Waals surface area contributed by atoms with Gasteiger partial charge in [-0.3, -0.25) is 9.59 Å². The summed E-state index contributed by atoms with van der Waals surface area (Å²) in [4.78, 5) is 26.4. The lowest BCUT2D eigenvalue weighted by molar-refractivity contribution is -0.120. The molecule has 0 heterocycles. The summed E-state index contributed by atoms with van der Waals surface area (Å²) < 4.78 is 5.36. The lowest BCUT2D eigenvalue weighted by atomic mass is 10.1. The van der Waals surface area contributed by atoms with E-state index < -0.39 is 0 Å². The first-order valence-corrected chi connectivity index (χ1v) is 9.47. The van der Waals surface area contributed by atoms with Gasteiger partial charge in [0.1, 0.15) is 5.75 Å². The fraction of sp³-hybridized carbons (Fsp3) is 0.364. The van der Waals surface area contributed by atoms with Gasteiger partial charge in [0.2, 0.25) is 5.91 Å². The number of amides is 2. The molecule has 2 N–H and O–H groups in total. The van der Waals surface area contributed by atoms with Gasteiger partial charge in [0.25, 0.3) is 5.91 Å². The number of likely N-dealkylation sites (N-methyl/N-ethyl adjacent to an activating group) is 1. The summed E-state index contributed by atoms with van der Waals surface area (Å²) in [5.41, 5.74) is 1.71. The van der Waals surface area contributed by atoms with E-state index in [1.54, 1.807) is 24.3 Å². The van der Waals surface area contributed by atoms with Crippen molar-refractivity contribution in [1.29, 1.82) is 0 Å². The highest BCUT2D eigenvalue weighted by atomic mass is 16.5. The van der Waals surface area contributed by atoms with E-state index >= 15 is 0 Å². The molecular weight excluding hydrogens is 354 g/mol. The van der Waals surface area contributed by atoms with E-state index in [2.05, 4.69) is 27.7 Å². The Bertz CT molecular complexity index is 745. The van der Waals surface area contributed by atoms with Gasteiger partial charge < -0.3 is 20.3 Å². The molecule has 0 saturated heterocycles. The van der Waals surface area contributed by atoms with Crippen LogP contribution in [-0.2, 0) is 11.2 Å². The van der Waals surface area contributed by atoms with Crippen molar-refractivity contribution in [2.24, 2.45) is 0 Å². The fourth-order valence-electron chi connectivity index (χ4n) is 2.75. The number of benzene rings is 2. The molecule has 0 saturated carbocycles. The van der Waals surface area contributed by atoms with E-state index in [1.807, 2.05) is 39.2 Å². The van der Waals surface area contributed by atoms with Crippen molar-refractivity contribution in [2.75, 3.05) is 33.8 Å². The van der Waals surface area contributed by atoms with Crippen molar-refractivity contribution in [1.82, 2.24) is 15.5 Å². The molecule has 28 heavy (non-hydrogen) atoms. The number of carbonyl (C=O) groups excluding carboxylic acids is 2. The Morgan fingerprint density at radius 3 is 2.29 bits per heavy atom. The number of carbonyl (C=O) groups is 2. The van der Waals surface area contributed by atoms with Crippen LogP contribution in [0.3, 0.4) is 0 Å². The summed E-state index contributed by atoms with van der Waals surface area (Å²) in [6.07, 6.45) is 0.840. The molecule has 0 spiro atoms. The molecule has 2 rings (SSSR count). The van der Waals surface area contributed by atoms with Gasteiger partial charge in [-0.15, -0.1) is 0 Å². The van der Waals surface area contributed by atoms with E-state index in [-0.39, 0.29) is 24.4 Å². The maximum atomic E-state index is 12.2. The molecule has 6 heteroatoms. The van der Waals surface area contributed by atoms with Gasteiger partial charge in [0.05, 0.1) is 13.2 Å². The van der Waals surface area contributed by atoms with Crippen molar-refractivity contribution in [3.05, 3.63) is 65.7 Å². The normalized spacial score (nSPS) is 11.7. The summed E-state index contributed by atoms with van der Waals surface area (Å²) in [5.74, 6) is 0.218. The Balaban J connectivity index is 1.78. The third-order valence-electron chi connectivity index (χ3n) is 4.42. The fourth-order valence-corrected chi connectivity index (χ4v) is 2.75. The van der Waals surface area contributed by atoms with Crippen LogP contribution in [0.2, 0.25) is 0 Å². The molecule has 0 fully saturated rings. The molecule has 1 unspecified atom stereocenters. The minimum Gasteiger partial charge on any atom is -0.494 e. The summed E-state index contributed by atoms with van der Waals surface area (Å²) >= 11 is 0. The minimum absolute atomic E-state index is 0.0580. The maximum absolute atomic E-state index is 12.2. The van der Waals surface area contributed by atoms with Crippen LogP contribution in [0.25, 0.3) is 0 Å². The molecule has 0 aromatic heterocycles. The Labute approximate surface area is 166 Å². The SMILES string of the molecule is CCOc1ccc(C(=O)NCC(=O)NCC(Cc2ccccc2)N(C)C)cc1. The first-order valence-electron chi connectivity index (χ1n) is 9.47. The molecule has 2 amide bonds. The third-order valence-corrected chi connectivity index (χ3v) is 4.42. The molecule has 0 aliphatic heterocycles. The van der Waals surface area contributed by atoms with Crippen molar-refractivity contribution in [3.63, 3.8) is 0 Å². The van der Waals surface area contributed by atoms with Crippen LogP contribution >= 0.6 is 0 Å². The minimum atomic E-state index is -0.286. The van der Waals surface area contributed by atoms with E-state index in [0.29, 0.717) is 24.5 Å². The van der Waals surface area contributed by atoms with E-state index in [1.165, 1.54) is 5.56 Å².